The number of hydrogen-bond donors (Lipinski definition) is 0. The lowest BCUT2D eigenvalue weighted by molar-refractivity contribution is -0.384. The molecular formula is C30H23Cl2N3O8. The van der Waals surface area contributed by atoms with Crippen LogP contribution in [0, 0.1) is 22.0 Å². The molecule has 0 spiro atoms. The minimum Gasteiger partial charge on any atom is -0.423 e. The summed E-state index contributed by atoms with van der Waals surface area (Å²) in [6, 6.07) is 14.4. The molecular weight excluding hydrogens is 601 g/mol. The number of carbonyl (C=O) groups is 5. The summed E-state index contributed by atoms with van der Waals surface area (Å²) in [4.78, 5) is 76.4. The van der Waals surface area contributed by atoms with Crippen molar-refractivity contribution >= 4 is 58.4 Å². The molecule has 43 heavy (non-hydrogen) atoms. The van der Waals surface area contributed by atoms with Gasteiger partial charge in [0.25, 0.3) is 23.4 Å². The molecule has 0 aromatic heterocycles. The summed E-state index contributed by atoms with van der Waals surface area (Å²) in [5.41, 5.74) is 0.0645. The number of Topliss-reactive ketones (excluding diaryl/α,β-unsaturated/α-hetero) is 1. The second-order valence-corrected chi connectivity index (χ2v) is 10.9. The van der Waals surface area contributed by atoms with Gasteiger partial charge in [0.15, 0.2) is 5.78 Å². The number of fused-ring (bicyclic) bond motifs is 1. The molecule has 220 valence electrons. The smallest absolute Gasteiger partial charge is 0.343 e. The SMILES string of the molecule is O=C(CN(C(=O)c1ccc(Cl)c(Cl)c1)N1C(=O)[C@H]2CCCC[C@@H]2C1=O)c1ccc(OC(=O)c2ccc([N+](=O)[O-])cc2)cc1. The molecule has 3 aromatic carbocycles. The fourth-order valence-electron chi connectivity index (χ4n) is 5.22. The molecule has 1 aliphatic heterocycles. The van der Waals surface area contributed by atoms with Crippen LogP contribution < -0.4 is 4.74 Å². The zero-order chi connectivity index (χ0) is 30.8. The lowest BCUT2D eigenvalue weighted by Crippen LogP contribution is -2.52. The number of non-ortho nitro benzene ring substituents is 1. The van der Waals surface area contributed by atoms with Gasteiger partial charge in [-0.2, -0.15) is 5.01 Å². The first-order valence-electron chi connectivity index (χ1n) is 13.3. The van der Waals surface area contributed by atoms with Gasteiger partial charge in [-0.3, -0.25) is 29.3 Å². The topological polar surface area (TPSA) is 144 Å². The largest absolute Gasteiger partial charge is 0.423 e. The number of rotatable bonds is 8. The highest BCUT2D eigenvalue weighted by Crippen LogP contribution is 2.39. The summed E-state index contributed by atoms with van der Waals surface area (Å²) in [6.45, 7) is -0.627. The number of nitro groups is 1. The fourth-order valence-corrected chi connectivity index (χ4v) is 5.51. The first-order valence-corrected chi connectivity index (χ1v) is 14.1. The molecule has 1 saturated heterocycles. The van der Waals surface area contributed by atoms with E-state index in [4.69, 9.17) is 27.9 Å². The quantitative estimate of drug-likeness (QED) is 0.0794. The van der Waals surface area contributed by atoms with Crippen molar-refractivity contribution in [3.8, 4) is 5.75 Å². The highest BCUT2D eigenvalue weighted by molar-refractivity contribution is 6.42. The molecule has 11 nitrogen and oxygen atoms in total. The number of halogens is 2. The van der Waals surface area contributed by atoms with E-state index in [-0.39, 0.29) is 38.2 Å². The van der Waals surface area contributed by atoms with E-state index in [1.807, 2.05) is 0 Å². The van der Waals surface area contributed by atoms with Gasteiger partial charge < -0.3 is 4.74 Å². The van der Waals surface area contributed by atoms with Crippen LogP contribution in [0.1, 0.15) is 56.8 Å². The number of amides is 3. The van der Waals surface area contributed by atoms with Crippen LogP contribution in [0.3, 0.4) is 0 Å². The number of nitro benzene ring substituents is 1. The van der Waals surface area contributed by atoms with E-state index in [0.717, 1.165) is 22.9 Å². The molecule has 3 amide bonds. The molecule has 5 rings (SSSR count). The zero-order valence-corrected chi connectivity index (χ0v) is 23.9. The Morgan fingerprint density at radius 2 is 1.40 bits per heavy atom. The van der Waals surface area contributed by atoms with Crippen LogP contribution >= 0.6 is 23.2 Å². The predicted octanol–water partition coefficient (Wildman–Crippen LogP) is 5.54. The molecule has 1 heterocycles. The first kappa shape index (κ1) is 29.9. The summed E-state index contributed by atoms with van der Waals surface area (Å²) in [5, 5.41) is 12.8. The van der Waals surface area contributed by atoms with Gasteiger partial charge in [-0.25, -0.2) is 9.80 Å². The molecule has 1 saturated carbocycles. The number of carbonyl (C=O) groups excluding carboxylic acids is 5. The summed E-state index contributed by atoms with van der Waals surface area (Å²) < 4.78 is 5.29. The lowest BCUT2D eigenvalue weighted by Gasteiger charge is -2.30. The molecule has 0 bridgehead atoms. The van der Waals surface area contributed by atoms with Crippen molar-refractivity contribution in [2.45, 2.75) is 25.7 Å². The van der Waals surface area contributed by atoms with E-state index < -0.39 is 52.8 Å². The second kappa shape index (κ2) is 12.3. The summed E-state index contributed by atoms with van der Waals surface area (Å²) in [5.74, 6) is -4.18. The third-order valence-electron chi connectivity index (χ3n) is 7.45. The number of imide groups is 1. The monoisotopic (exact) mass is 623 g/mol. The molecule has 2 fully saturated rings. The summed E-state index contributed by atoms with van der Waals surface area (Å²) >= 11 is 12.1. The number of hydrogen-bond acceptors (Lipinski definition) is 8. The maximum absolute atomic E-state index is 13.7. The van der Waals surface area contributed by atoms with E-state index in [1.165, 1.54) is 66.7 Å². The van der Waals surface area contributed by atoms with Gasteiger partial charge >= 0.3 is 5.97 Å². The second-order valence-electron chi connectivity index (χ2n) is 10.1. The molecule has 3 aromatic rings. The number of hydrazine groups is 1. The normalized spacial score (nSPS) is 17.8. The van der Waals surface area contributed by atoms with Crippen LogP contribution in [-0.4, -0.2) is 51.0 Å². The zero-order valence-electron chi connectivity index (χ0n) is 22.4. The highest BCUT2D eigenvalue weighted by atomic mass is 35.5. The number of ketones is 1. The highest BCUT2D eigenvalue weighted by Gasteiger charge is 2.51. The van der Waals surface area contributed by atoms with Crippen molar-refractivity contribution in [2.75, 3.05) is 6.54 Å². The Hall–Kier alpha value is -4.61. The van der Waals surface area contributed by atoms with Gasteiger partial charge in [0.05, 0.1) is 32.4 Å². The van der Waals surface area contributed by atoms with Gasteiger partial charge in [0, 0.05) is 23.3 Å². The van der Waals surface area contributed by atoms with Gasteiger partial charge in [-0.15, -0.1) is 0 Å². The third-order valence-corrected chi connectivity index (χ3v) is 8.19. The Morgan fingerprint density at radius 3 is 1.95 bits per heavy atom. The lowest BCUT2D eigenvalue weighted by atomic mass is 9.81. The number of esters is 1. The first-order chi connectivity index (χ1) is 20.5. The van der Waals surface area contributed by atoms with Crippen molar-refractivity contribution in [3.05, 3.63) is 104 Å². The van der Waals surface area contributed by atoms with Crippen LogP contribution in [0.4, 0.5) is 5.69 Å². The predicted molar refractivity (Wildman–Crippen MR) is 154 cm³/mol. The standard InChI is InChI=1S/C30H23Cl2N3O8/c31-24-14-9-19(15-25(24)32)27(37)33(34-28(38)22-3-1-2-4-23(22)29(34)39)16-26(36)17-7-12-21(13-8-17)43-30(40)18-5-10-20(11-6-18)35(41)42/h5-15,22-23H,1-4,16H2/t22-,23-/m0/s1. The van der Waals surface area contributed by atoms with E-state index in [9.17, 15) is 34.1 Å². The fraction of sp³-hybridized carbons (Fsp3) is 0.233. The molecule has 13 heteroatoms. The van der Waals surface area contributed by atoms with E-state index in [0.29, 0.717) is 12.8 Å². The molecule has 0 unspecified atom stereocenters. The number of nitrogens with zero attached hydrogens (tertiary/aromatic N) is 3. The summed E-state index contributed by atoms with van der Waals surface area (Å²) in [7, 11) is 0. The van der Waals surface area contributed by atoms with Crippen molar-refractivity contribution in [2.24, 2.45) is 11.8 Å². The van der Waals surface area contributed by atoms with Crippen LogP contribution in [-0.2, 0) is 9.59 Å². The van der Waals surface area contributed by atoms with Crippen molar-refractivity contribution in [1.82, 2.24) is 10.0 Å². The van der Waals surface area contributed by atoms with Crippen LogP contribution in [0.25, 0.3) is 0 Å². The summed E-state index contributed by atoms with van der Waals surface area (Å²) in [6.07, 6.45) is 2.62. The Kier molecular flexibility index (Phi) is 8.56. The minimum absolute atomic E-state index is 0.0335. The Bertz CT molecular complexity index is 1620. The van der Waals surface area contributed by atoms with E-state index >= 15 is 0 Å². The third kappa shape index (κ3) is 6.13. The maximum Gasteiger partial charge on any atom is 0.343 e. The van der Waals surface area contributed by atoms with Gasteiger partial charge in [0.1, 0.15) is 12.3 Å². The Morgan fingerprint density at radius 1 is 0.837 bits per heavy atom. The average Bonchev–Trinajstić information content (AvgIpc) is 3.26. The van der Waals surface area contributed by atoms with Gasteiger partial charge in [-0.05, 0) is 67.4 Å². The van der Waals surface area contributed by atoms with E-state index in [1.54, 1.807) is 0 Å². The Balaban J connectivity index is 1.36. The molecule has 0 radical (unpaired) electrons. The van der Waals surface area contributed by atoms with Crippen molar-refractivity contribution in [1.29, 1.82) is 0 Å². The Labute approximate surface area is 255 Å². The number of ether oxygens (including phenoxy) is 1. The van der Waals surface area contributed by atoms with Gasteiger partial charge in [0.2, 0.25) is 0 Å². The average molecular weight is 624 g/mol. The van der Waals surface area contributed by atoms with Crippen LogP contribution in [0.5, 0.6) is 5.75 Å². The van der Waals surface area contributed by atoms with Gasteiger partial charge in [-0.1, -0.05) is 36.0 Å². The van der Waals surface area contributed by atoms with Crippen molar-refractivity contribution < 1.29 is 33.6 Å². The molecule has 2 atom stereocenters. The van der Waals surface area contributed by atoms with Crippen molar-refractivity contribution in [3.63, 3.8) is 0 Å². The van der Waals surface area contributed by atoms with Crippen LogP contribution in [0.15, 0.2) is 66.7 Å². The molecule has 0 N–H and O–H groups in total. The van der Waals surface area contributed by atoms with Crippen LogP contribution in [0.2, 0.25) is 10.0 Å². The minimum atomic E-state index is -0.777. The molecule has 1 aliphatic carbocycles. The maximum atomic E-state index is 13.7. The van der Waals surface area contributed by atoms with E-state index in [2.05, 4.69) is 0 Å². The number of benzene rings is 3. The molecule has 2 aliphatic rings.